The molecule has 5 nitrogen and oxygen atoms in total. The Morgan fingerprint density at radius 3 is 2.64 bits per heavy atom. The van der Waals surface area contributed by atoms with Gasteiger partial charge in [0.15, 0.2) is 0 Å². The lowest BCUT2D eigenvalue weighted by Gasteiger charge is -2.48. The molecule has 4 atom stereocenters. The van der Waals surface area contributed by atoms with Crippen LogP contribution in [0.25, 0.3) is 0 Å². The maximum atomic E-state index is 13.7. The molecule has 0 aromatic heterocycles. The minimum Gasteiger partial charge on any atom is -0.378 e. The van der Waals surface area contributed by atoms with E-state index in [4.69, 9.17) is 5.73 Å². The van der Waals surface area contributed by atoms with Crippen LogP contribution in [0.15, 0.2) is 42.5 Å². The number of aliphatic hydroxyl groups is 1. The molecule has 0 spiro atoms. The van der Waals surface area contributed by atoms with Gasteiger partial charge >= 0.3 is 0 Å². The molecule has 2 aromatic carbocycles. The summed E-state index contributed by atoms with van der Waals surface area (Å²) in [5.41, 5.74) is 8.41. The number of nitrogens with one attached hydrogen (secondary N) is 1. The maximum Gasteiger partial charge on any atom is 0.248 e. The number of anilines is 2. The Kier molecular flexibility index (Phi) is 4.75. The molecule has 4 rings (SSSR count). The zero-order chi connectivity index (χ0) is 20.0. The van der Waals surface area contributed by atoms with Crippen LogP contribution in [0.1, 0.15) is 48.7 Å². The van der Waals surface area contributed by atoms with E-state index in [1.165, 1.54) is 12.1 Å². The van der Waals surface area contributed by atoms with E-state index in [1.54, 1.807) is 25.1 Å². The Morgan fingerprint density at radius 2 is 2.04 bits per heavy atom. The molecular formula is C22H26FN3O2. The van der Waals surface area contributed by atoms with Gasteiger partial charge in [-0.05, 0) is 67.6 Å². The van der Waals surface area contributed by atoms with Crippen LogP contribution in [-0.4, -0.2) is 23.3 Å². The second-order valence-corrected chi connectivity index (χ2v) is 8.00. The number of rotatable bonds is 5. The highest BCUT2D eigenvalue weighted by molar-refractivity contribution is 5.93. The molecule has 2 aliphatic rings. The molecule has 1 aliphatic heterocycles. The zero-order valence-electron chi connectivity index (χ0n) is 16.1. The molecule has 0 radical (unpaired) electrons. The fourth-order valence-electron chi connectivity index (χ4n) is 4.60. The van der Waals surface area contributed by atoms with Crippen LogP contribution >= 0.6 is 0 Å². The minimum atomic E-state index is -0.652. The monoisotopic (exact) mass is 383 g/mol. The van der Waals surface area contributed by atoms with E-state index in [-0.39, 0.29) is 23.8 Å². The number of nitrogens with two attached hydrogens (primary N) is 1. The van der Waals surface area contributed by atoms with Crippen molar-refractivity contribution < 1.29 is 14.3 Å². The maximum absolute atomic E-state index is 13.7. The number of aliphatic hydroxyl groups excluding tert-OH is 1. The van der Waals surface area contributed by atoms with Crippen molar-refractivity contribution in [1.29, 1.82) is 0 Å². The molecule has 1 fully saturated rings. The summed E-state index contributed by atoms with van der Waals surface area (Å²) in [5, 5.41) is 14.0. The molecule has 148 valence electrons. The number of hydrogen-bond acceptors (Lipinski definition) is 4. The van der Waals surface area contributed by atoms with Gasteiger partial charge in [0.25, 0.3) is 0 Å². The predicted molar refractivity (Wildman–Crippen MR) is 108 cm³/mol. The summed E-state index contributed by atoms with van der Waals surface area (Å²) in [4.78, 5) is 13.8. The van der Waals surface area contributed by atoms with Crippen molar-refractivity contribution >= 4 is 17.3 Å². The van der Waals surface area contributed by atoms with Gasteiger partial charge in [0.1, 0.15) is 12.0 Å². The largest absolute Gasteiger partial charge is 0.378 e. The molecule has 4 N–H and O–H groups in total. The molecule has 1 amide bonds. The van der Waals surface area contributed by atoms with E-state index in [1.807, 2.05) is 12.1 Å². The van der Waals surface area contributed by atoms with Crippen molar-refractivity contribution in [3.05, 3.63) is 59.4 Å². The number of nitrogens with zero attached hydrogens (tertiary/aromatic N) is 1. The first-order chi connectivity index (χ1) is 13.4. The van der Waals surface area contributed by atoms with Gasteiger partial charge < -0.3 is 21.1 Å². The first-order valence-corrected chi connectivity index (χ1v) is 9.79. The first-order valence-electron chi connectivity index (χ1n) is 9.79. The summed E-state index contributed by atoms with van der Waals surface area (Å²) in [5.74, 6) is -0.136. The van der Waals surface area contributed by atoms with E-state index in [0.29, 0.717) is 17.2 Å². The molecule has 1 heterocycles. The smallest absolute Gasteiger partial charge is 0.248 e. The lowest BCUT2D eigenvalue weighted by molar-refractivity contribution is 0.1000. The first kappa shape index (κ1) is 18.7. The number of carbonyl (C=O) groups excluding carboxylic acids is 1. The Labute approximate surface area is 164 Å². The Morgan fingerprint density at radius 1 is 1.29 bits per heavy atom. The van der Waals surface area contributed by atoms with Crippen LogP contribution in [0.5, 0.6) is 0 Å². The van der Waals surface area contributed by atoms with E-state index in [0.717, 1.165) is 24.1 Å². The molecule has 0 bridgehead atoms. The Balaban J connectivity index is 1.82. The molecule has 6 heteroatoms. The highest BCUT2D eigenvalue weighted by Crippen LogP contribution is 2.50. The Hall–Kier alpha value is -2.60. The fourth-order valence-corrected chi connectivity index (χ4v) is 4.60. The van der Waals surface area contributed by atoms with Gasteiger partial charge in [-0.2, -0.15) is 0 Å². The number of amides is 1. The molecule has 28 heavy (non-hydrogen) atoms. The number of fused-ring (bicyclic) bond motifs is 1. The quantitative estimate of drug-likeness (QED) is 0.736. The van der Waals surface area contributed by atoms with Gasteiger partial charge in [0.2, 0.25) is 5.91 Å². The third kappa shape index (κ3) is 3.33. The minimum absolute atomic E-state index is 0.128. The molecule has 1 unspecified atom stereocenters. The van der Waals surface area contributed by atoms with E-state index in [2.05, 4.69) is 17.1 Å². The average molecular weight is 383 g/mol. The second kappa shape index (κ2) is 7.09. The number of primary amides is 1. The summed E-state index contributed by atoms with van der Waals surface area (Å²) in [6, 6.07) is 11.8. The highest BCUT2D eigenvalue weighted by Gasteiger charge is 2.47. The highest BCUT2D eigenvalue weighted by atomic mass is 19.1. The van der Waals surface area contributed by atoms with E-state index < -0.39 is 12.1 Å². The summed E-state index contributed by atoms with van der Waals surface area (Å²) in [7, 11) is 0. The van der Waals surface area contributed by atoms with Crippen LogP contribution in [0.3, 0.4) is 0 Å². The van der Waals surface area contributed by atoms with Crippen molar-refractivity contribution in [2.45, 2.75) is 45.0 Å². The van der Waals surface area contributed by atoms with Crippen molar-refractivity contribution in [2.75, 3.05) is 10.2 Å². The summed E-state index contributed by atoms with van der Waals surface area (Å²) in [6.45, 7) is 3.92. The lowest BCUT2D eigenvalue weighted by atomic mass is 9.79. The third-order valence-electron chi connectivity index (χ3n) is 5.97. The molecule has 0 saturated heterocycles. The summed E-state index contributed by atoms with van der Waals surface area (Å²) in [6.07, 6.45) is 1.63. The standard InChI is InChI=1S/C22H26FN3O2/c1-12-20(25-17-5-3-4-16(23)11-17)18-10-15(22(24)28)8-9-19(18)26(13(2)27)21(12)14-6-7-14/h3-5,8-14,20-21,25,27H,6-7H2,1-2H3,(H2,24,28)/t12-,13?,20-,21-/m1/s1. The average Bonchev–Trinajstić information content (AvgIpc) is 3.47. The van der Waals surface area contributed by atoms with Crippen molar-refractivity contribution in [3.63, 3.8) is 0 Å². The number of benzene rings is 2. The van der Waals surface area contributed by atoms with Crippen LogP contribution in [-0.2, 0) is 0 Å². The fraction of sp³-hybridized carbons (Fsp3) is 0.409. The number of carbonyl (C=O) groups is 1. The van der Waals surface area contributed by atoms with E-state index >= 15 is 0 Å². The van der Waals surface area contributed by atoms with Gasteiger partial charge in [-0.3, -0.25) is 4.79 Å². The van der Waals surface area contributed by atoms with Gasteiger partial charge in [0, 0.05) is 28.9 Å². The van der Waals surface area contributed by atoms with Crippen molar-refractivity contribution in [1.82, 2.24) is 0 Å². The van der Waals surface area contributed by atoms with Crippen molar-refractivity contribution in [2.24, 2.45) is 17.6 Å². The third-order valence-corrected chi connectivity index (χ3v) is 5.97. The molecule has 2 aromatic rings. The number of hydrogen-bond donors (Lipinski definition) is 3. The van der Waals surface area contributed by atoms with Crippen LogP contribution in [0.2, 0.25) is 0 Å². The SMILES string of the molecule is CC(O)N1c2ccc(C(N)=O)cc2[C@H](Nc2cccc(F)c2)[C@@H](C)[C@@H]1C1CC1. The van der Waals surface area contributed by atoms with Crippen LogP contribution in [0, 0.1) is 17.7 Å². The predicted octanol–water partition coefficient (Wildman–Crippen LogP) is 3.65. The van der Waals surface area contributed by atoms with Gasteiger partial charge in [-0.25, -0.2) is 4.39 Å². The lowest BCUT2D eigenvalue weighted by Crippen LogP contribution is -2.52. The van der Waals surface area contributed by atoms with Crippen molar-refractivity contribution in [3.8, 4) is 0 Å². The molecule has 1 saturated carbocycles. The topological polar surface area (TPSA) is 78.6 Å². The van der Waals surface area contributed by atoms with Gasteiger partial charge in [0.05, 0.1) is 6.04 Å². The zero-order valence-corrected chi connectivity index (χ0v) is 16.1. The molecular weight excluding hydrogens is 357 g/mol. The van der Waals surface area contributed by atoms with Crippen LogP contribution in [0.4, 0.5) is 15.8 Å². The number of halogens is 1. The summed E-state index contributed by atoms with van der Waals surface area (Å²) >= 11 is 0. The molecule has 1 aliphatic carbocycles. The van der Waals surface area contributed by atoms with E-state index in [9.17, 15) is 14.3 Å². The summed E-state index contributed by atoms with van der Waals surface area (Å²) < 4.78 is 13.7. The second-order valence-electron chi connectivity index (χ2n) is 8.00. The van der Waals surface area contributed by atoms with Crippen LogP contribution < -0.4 is 16.0 Å². The normalized spacial score (nSPS) is 25.1. The van der Waals surface area contributed by atoms with Gasteiger partial charge in [-0.15, -0.1) is 0 Å². The van der Waals surface area contributed by atoms with Gasteiger partial charge in [-0.1, -0.05) is 13.0 Å². The Bertz CT molecular complexity index is 897.